The Balaban J connectivity index is 0.000000540. The van der Waals surface area contributed by atoms with Crippen molar-refractivity contribution in [2.75, 3.05) is 25.0 Å². The van der Waals surface area contributed by atoms with Crippen molar-refractivity contribution in [1.82, 2.24) is 5.32 Å². The van der Waals surface area contributed by atoms with E-state index in [-0.39, 0.29) is 10.8 Å². The molecule has 192 valence electrons. The van der Waals surface area contributed by atoms with Crippen molar-refractivity contribution in [3.8, 4) is 0 Å². The van der Waals surface area contributed by atoms with E-state index in [2.05, 4.69) is 26.0 Å². The third-order valence-corrected chi connectivity index (χ3v) is 6.98. The molecule has 2 aromatic rings. The molecule has 3 N–H and O–H groups in total. The molecule has 0 unspecified atom stereocenters. The molecule has 13 heteroatoms. The normalized spacial score (nSPS) is 14.3. The molecule has 0 bridgehead atoms. The number of benzene rings is 2. The van der Waals surface area contributed by atoms with Gasteiger partial charge in [0.2, 0.25) is 5.91 Å². The summed E-state index contributed by atoms with van der Waals surface area (Å²) in [7, 11) is -2.02. The quantitative estimate of drug-likeness (QED) is 0.384. The van der Waals surface area contributed by atoms with Crippen molar-refractivity contribution in [2.24, 2.45) is 0 Å². The second-order valence-electron chi connectivity index (χ2n) is 7.62. The Bertz CT molecular complexity index is 1120. The Morgan fingerprint density at radius 2 is 1.63 bits per heavy atom. The maximum atomic E-state index is 12.5. The number of halogens is 4. The Morgan fingerprint density at radius 3 is 2.09 bits per heavy atom. The van der Waals surface area contributed by atoms with Crippen molar-refractivity contribution in [3.63, 3.8) is 0 Å². The van der Waals surface area contributed by atoms with Crippen LogP contribution in [0.3, 0.4) is 0 Å². The van der Waals surface area contributed by atoms with Crippen LogP contribution in [0.25, 0.3) is 0 Å². The van der Waals surface area contributed by atoms with Gasteiger partial charge in [-0.05, 0) is 61.2 Å². The van der Waals surface area contributed by atoms with Crippen LogP contribution in [0.4, 0.5) is 18.9 Å². The molecular weight excluding hydrogens is 557 g/mol. The van der Waals surface area contributed by atoms with Gasteiger partial charge >= 0.3 is 12.1 Å². The number of sulfonamides is 1. The highest BCUT2D eigenvalue weighted by molar-refractivity contribution is 9.10. The van der Waals surface area contributed by atoms with E-state index < -0.39 is 27.6 Å². The number of ether oxygens (including phenoxy) is 1. The molecule has 0 saturated heterocycles. The lowest BCUT2D eigenvalue weighted by molar-refractivity contribution is -0.192. The van der Waals surface area contributed by atoms with Crippen molar-refractivity contribution < 1.29 is 41.0 Å². The number of carboxylic acids is 1. The van der Waals surface area contributed by atoms with Gasteiger partial charge in [0, 0.05) is 30.4 Å². The number of rotatable bonds is 9. The second kappa shape index (κ2) is 11.9. The highest BCUT2D eigenvalue weighted by Gasteiger charge is 2.51. The van der Waals surface area contributed by atoms with Crippen LogP contribution in [0.1, 0.15) is 24.8 Å². The number of carboxylic acid groups (broad SMARTS) is 1. The van der Waals surface area contributed by atoms with Crippen LogP contribution in [0.5, 0.6) is 0 Å². The van der Waals surface area contributed by atoms with E-state index in [1.807, 2.05) is 12.1 Å². The molecule has 0 heterocycles. The van der Waals surface area contributed by atoms with E-state index in [0.717, 1.165) is 29.3 Å². The SMILES string of the molecule is COCCCNC(=O)C1(c2ccc(NS(=O)(=O)c3ccc(Br)cc3)cc2)CC1.O=C(O)C(F)(F)F. The van der Waals surface area contributed by atoms with Crippen LogP contribution >= 0.6 is 15.9 Å². The molecule has 0 radical (unpaired) electrons. The van der Waals surface area contributed by atoms with E-state index >= 15 is 0 Å². The number of hydrogen-bond acceptors (Lipinski definition) is 5. The van der Waals surface area contributed by atoms with E-state index in [1.54, 1.807) is 31.4 Å². The molecule has 1 aliphatic carbocycles. The summed E-state index contributed by atoms with van der Waals surface area (Å²) in [4.78, 5) is 21.6. The number of nitrogens with one attached hydrogen (secondary N) is 2. The molecule has 1 amide bonds. The number of methoxy groups -OCH3 is 1. The summed E-state index contributed by atoms with van der Waals surface area (Å²) >= 11 is 3.29. The molecule has 35 heavy (non-hydrogen) atoms. The van der Waals surface area contributed by atoms with Gasteiger partial charge in [0.15, 0.2) is 0 Å². The minimum absolute atomic E-state index is 0.0202. The molecule has 3 rings (SSSR count). The lowest BCUT2D eigenvalue weighted by atomic mass is 9.95. The zero-order chi connectivity index (χ0) is 26.3. The number of carbonyl (C=O) groups is 2. The molecule has 1 saturated carbocycles. The van der Waals surface area contributed by atoms with Crippen LogP contribution in [-0.4, -0.2) is 51.8 Å². The molecule has 0 atom stereocenters. The minimum Gasteiger partial charge on any atom is -0.475 e. The molecule has 8 nitrogen and oxygen atoms in total. The Kier molecular flexibility index (Phi) is 9.69. The smallest absolute Gasteiger partial charge is 0.475 e. The summed E-state index contributed by atoms with van der Waals surface area (Å²) in [6.07, 6.45) is -2.71. The standard InChI is InChI=1S/C20H23BrN2O4S.C2HF3O2/c1-27-14-2-13-22-19(24)20(11-12-20)15-3-7-17(8-4-15)23-28(25,26)18-9-5-16(21)6-10-18;3-2(4,5)1(6)7/h3-10,23H,2,11-14H2,1H3,(H,22,24);(H,6,7). The van der Waals surface area contributed by atoms with E-state index in [1.165, 1.54) is 12.1 Å². The van der Waals surface area contributed by atoms with Gasteiger partial charge in [-0.25, -0.2) is 13.2 Å². The summed E-state index contributed by atoms with van der Waals surface area (Å²) < 4.78 is 65.1. The lowest BCUT2D eigenvalue weighted by Crippen LogP contribution is -2.35. The maximum Gasteiger partial charge on any atom is 0.490 e. The number of amides is 1. The van der Waals surface area contributed by atoms with Crippen molar-refractivity contribution in [1.29, 1.82) is 0 Å². The predicted molar refractivity (Wildman–Crippen MR) is 125 cm³/mol. The van der Waals surface area contributed by atoms with Gasteiger partial charge in [0.1, 0.15) is 0 Å². The minimum atomic E-state index is -5.08. The number of aliphatic carboxylic acids is 1. The van der Waals surface area contributed by atoms with Crippen LogP contribution in [0.15, 0.2) is 57.9 Å². The highest BCUT2D eigenvalue weighted by Crippen LogP contribution is 2.48. The predicted octanol–water partition coefficient (Wildman–Crippen LogP) is 4.07. The number of hydrogen-bond donors (Lipinski definition) is 3. The first-order valence-electron chi connectivity index (χ1n) is 10.3. The zero-order valence-electron chi connectivity index (χ0n) is 18.6. The highest BCUT2D eigenvalue weighted by atomic mass is 79.9. The first-order valence-corrected chi connectivity index (χ1v) is 12.6. The monoisotopic (exact) mass is 580 g/mol. The molecule has 0 aliphatic heterocycles. The Labute approximate surface area is 209 Å². The van der Waals surface area contributed by atoms with Gasteiger partial charge in [0.25, 0.3) is 10.0 Å². The number of carbonyl (C=O) groups excluding carboxylic acids is 1. The van der Waals surface area contributed by atoms with Crippen LogP contribution in [0, 0.1) is 0 Å². The van der Waals surface area contributed by atoms with E-state index in [4.69, 9.17) is 14.6 Å². The summed E-state index contributed by atoms with van der Waals surface area (Å²) in [6.45, 7) is 1.19. The largest absolute Gasteiger partial charge is 0.490 e. The van der Waals surface area contributed by atoms with Crippen LogP contribution < -0.4 is 10.0 Å². The molecule has 0 aromatic heterocycles. The van der Waals surface area contributed by atoms with Gasteiger partial charge in [0.05, 0.1) is 10.3 Å². The summed E-state index contributed by atoms with van der Waals surface area (Å²) in [5, 5.41) is 10.1. The van der Waals surface area contributed by atoms with Crippen molar-refractivity contribution >= 4 is 43.5 Å². The number of anilines is 1. The number of alkyl halides is 3. The van der Waals surface area contributed by atoms with Crippen molar-refractivity contribution in [3.05, 3.63) is 58.6 Å². The van der Waals surface area contributed by atoms with Gasteiger partial charge in [-0.1, -0.05) is 28.1 Å². The van der Waals surface area contributed by atoms with Gasteiger partial charge in [-0.15, -0.1) is 0 Å². The molecule has 2 aromatic carbocycles. The first-order chi connectivity index (χ1) is 16.3. The lowest BCUT2D eigenvalue weighted by Gasteiger charge is -2.16. The molecule has 0 spiro atoms. The summed E-state index contributed by atoms with van der Waals surface area (Å²) in [5.41, 5.74) is 0.877. The average Bonchev–Trinajstić information content (AvgIpc) is 3.59. The molecule has 1 fully saturated rings. The van der Waals surface area contributed by atoms with Gasteiger partial charge in [-0.2, -0.15) is 13.2 Å². The first kappa shape index (κ1) is 28.6. The average molecular weight is 581 g/mol. The van der Waals surface area contributed by atoms with Gasteiger partial charge < -0.3 is 15.2 Å². The second-order valence-corrected chi connectivity index (χ2v) is 10.2. The fraction of sp³-hybridized carbons (Fsp3) is 0.364. The third kappa shape index (κ3) is 8.22. The molecule has 1 aliphatic rings. The fourth-order valence-corrected chi connectivity index (χ4v) is 4.37. The summed E-state index contributed by atoms with van der Waals surface area (Å²) in [6, 6.07) is 13.5. The van der Waals surface area contributed by atoms with Gasteiger partial charge in [-0.3, -0.25) is 9.52 Å². The topological polar surface area (TPSA) is 122 Å². The van der Waals surface area contributed by atoms with Crippen LogP contribution in [0.2, 0.25) is 0 Å². The fourth-order valence-electron chi connectivity index (χ4n) is 3.04. The summed E-state index contributed by atoms with van der Waals surface area (Å²) in [5.74, 6) is -2.74. The zero-order valence-corrected chi connectivity index (χ0v) is 21.0. The Morgan fingerprint density at radius 1 is 1.09 bits per heavy atom. The van der Waals surface area contributed by atoms with E-state index in [0.29, 0.717) is 18.8 Å². The van der Waals surface area contributed by atoms with Crippen LogP contribution in [-0.2, 0) is 29.8 Å². The maximum absolute atomic E-state index is 12.5. The van der Waals surface area contributed by atoms with E-state index in [9.17, 15) is 26.4 Å². The molecular formula is C22H24BrF3N2O6S. The van der Waals surface area contributed by atoms with Crippen molar-refractivity contribution in [2.45, 2.75) is 35.7 Å². The third-order valence-electron chi connectivity index (χ3n) is 5.05. The Hall–Kier alpha value is -2.64.